The summed E-state index contributed by atoms with van der Waals surface area (Å²) in [7, 11) is -1.39. The average molecular weight is 256 g/mol. The van der Waals surface area contributed by atoms with Gasteiger partial charge in [0.15, 0.2) is 0 Å². The molecule has 18 heavy (non-hydrogen) atoms. The van der Waals surface area contributed by atoms with Crippen LogP contribution in [0.5, 0.6) is 0 Å². The van der Waals surface area contributed by atoms with Gasteiger partial charge < -0.3 is 14.8 Å². The SMILES string of the molecule is CC(C)[C@H](C)C[C@](C)(OC/C=C/B(O)O)C(C)C. The number of ether oxygens (including phenoxy) is 1. The molecule has 0 aromatic rings. The Balaban J connectivity index is 4.44. The Bertz CT molecular complexity index is 251. The molecule has 4 heteroatoms. The van der Waals surface area contributed by atoms with Gasteiger partial charge in [-0.15, -0.1) is 0 Å². The van der Waals surface area contributed by atoms with Gasteiger partial charge >= 0.3 is 7.12 Å². The number of hydrogen-bond acceptors (Lipinski definition) is 3. The van der Waals surface area contributed by atoms with Gasteiger partial charge in [-0.25, -0.2) is 0 Å². The molecular formula is C14H29BO3. The number of rotatable bonds is 8. The molecule has 0 aliphatic rings. The van der Waals surface area contributed by atoms with Crippen LogP contribution in [-0.4, -0.2) is 29.4 Å². The second-order valence-corrected chi connectivity index (χ2v) is 6.05. The Kier molecular flexibility index (Phi) is 7.84. The van der Waals surface area contributed by atoms with Crippen LogP contribution in [0, 0.1) is 17.8 Å². The van der Waals surface area contributed by atoms with Crippen LogP contribution in [0.15, 0.2) is 12.1 Å². The lowest BCUT2D eigenvalue weighted by atomic mass is 9.80. The van der Waals surface area contributed by atoms with E-state index in [1.54, 1.807) is 6.08 Å². The second-order valence-electron chi connectivity index (χ2n) is 6.05. The fourth-order valence-corrected chi connectivity index (χ4v) is 1.75. The maximum absolute atomic E-state index is 8.72. The largest absolute Gasteiger partial charge is 0.480 e. The number of hydrogen-bond donors (Lipinski definition) is 2. The Labute approximate surface area is 112 Å². The van der Waals surface area contributed by atoms with Crippen molar-refractivity contribution in [3.8, 4) is 0 Å². The first-order chi connectivity index (χ1) is 8.19. The molecule has 3 nitrogen and oxygen atoms in total. The highest BCUT2D eigenvalue weighted by molar-refractivity contribution is 6.47. The zero-order valence-corrected chi connectivity index (χ0v) is 12.7. The molecule has 2 atom stereocenters. The minimum absolute atomic E-state index is 0.172. The zero-order chi connectivity index (χ0) is 14.3. The molecule has 2 N–H and O–H groups in total. The molecule has 0 amide bonds. The Morgan fingerprint density at radius 3 is 2.11 bits per heavy atom. The molecule has 106 valence electrons. The summed E-state index contributed by atoms with van der Waals surface area (Å²) in [4.78, 5) is 0. The van der Waals surface area contributed by atoms with E-state index in [1.165, 1.54) is 5.98 Å². The molecule has 0 saturated carbocycles. The van der Waals surface area contributed by atoms with Crippen molar-refractivity contribution in [2.45, 2.75) is 53.6 Å². The van der Waals surface area contributed by atoms with Crippen molar-refractivity contribution in [1.29, 1.82) is 0 Å². The highest BCUT2D eigenvalue weighted by Gasteiger charge is 2.31. The first-order valence-electron chi connectivity index (χ1n) is 6.85. The fraction of sp³-hybridized carbons (Fsp3) is 0.857. The van der Waals surface area contributed by atoms with Crippen LogP contribution in [0.1, 0.15) is 48.0 Å². The molecule has 0 radical (unpaired) electrons. The molecule has 0 aromatic heterocycles. The third kappa shape index (κ3) is 6.57. The summed E-state index contributed by atoms with van der Waals surface area (Å²) in [5, 5.41) is 17.4. The van der Waals surface area contributed by atoms with E-state index < -0.39 is 7.12 Å². The van der Waals surface area contributed by atoms with Gasteiger partial charge in [0.05, 0.1) is 12.2 Å². The maximum atomic E-state index is 8.72. The lowest BCUT2D eigenvalue weighted by Gasteiger charge is -2.37. The van der Waals surface area contributed by atoms with Gasteiger partial charge in [-0.1, -0.05) is 46.7 Å². The second kappa shape index (κ2) is 7.98. The lowest BCUT2D eigenvalue weighted by molar-refractivity contribution is -0.0696. The van der Waals surface area contributed by atoms with Crippen LogP contribution in [-0.2, 0) is 4.74 Å². The summed E-state index contributed by atoms with van der Waals surface area (Å²) in [6.45, 7) is 13.6. The normalized spacial score (nSPS) is 17.4. The predicted molar refractivity (Wildman–Crippen MR) is 77.1 cm³/mol. The summed E-state index contributed by atoms with van der Waals surface area (Å²) in [5.74, 6) is 2.99. The van der Waals surface area contributed by atoms with Crippen LogP contribution >= 0.6 is 0 Å². The molecular weight excluding hydrogens is 227 g/mol. The van der Waals surface area contributed by atoms with Gasteiger partial charge in [0.25, 0.3) is 0 Å². The van der Waals surface area contributed by atoms with Crippen LogP contribution < -0.4 is 0 Å². The molecule has 0 heterocycles. The molecule has 0 aliphatic heterocycles. The van der Waals surface area contributed by atoms with Crippen molar-refractivity contribution in [3.05, 3.63) is 12.1 Å². The van der Waals surface area contributed by atoms with Crippen molar-refractivity contribution >= 4 is 7.12 Å². The van der Waals surface area contributed by atoms with Gasteiger partial charge in [-0.05, 0) is 31.1 Å². The van der Waals surface area contributed by atoms with Crippen molar-refractivity contribution in [1.82, 2.24) is 0 Å². The van der Waals surface area contributed by atoms with Gasteiger partial charge in [-0.3, -0.25) is 0 Å². The molecule has 0 unspecified atom stereocenters. The molecule has 0 spiro atoms. The van der Waals surface area contributed by atoms with Crippen LogP contribution in [0.3, 0.4) is 0 Å². The van der Waals surface area contributed by atoms with Crippen LogP contribution in [0.2, 0.25) is 0 Å². The lowest BCUT2D eigenvalue weighted by Crippen LogP contribution is -2.37. The minimum Gasteiger partial charge on any atom is -0.424 e. The first-order valence-corrected chi connectivity index (χ1v) is 6.85. The smallest absolute Gasteiger partial charge is 0.424 e. The average Bonchev–Trinajstić information content (AvgIpc) is 2.23. The Morgan fingerprint density at radius 1 is 1.17 bits per heavy atom. The fourth-order valence-electron chi connectivity index (χ4n) is 1.75. The quantitative estimate of drug-likeness (QED) is 0.656. The standard InChI is InChI=1S/C14H29BO3/c1-11(2)13(5)10-14(6,12(3)4)18-9-7-8-15(16)17/h7-8,11-13,16-17H,9-10H2,1-6H3/b8-7+/t13-,14+/m1/s1. The maximum Gasteiger partial charge on any atom is 0.480 e. The summed E-state index contributed by atoms with van der Waals surface area (Å²) in [6.07, 6.45) is 2.67. The van der Waals surface area contributed by atoms with Gasteiger partial charge in [0.2, 0.25) is 0 Å². The first kappa shape index (κ1) is 17.7. The predicted octanol–water partition coefficient (Wildman–Crippen LogP) is 2.67. The van der Waals surface area contributed by atoms with Crippen LogP contribution in [0.4, 0.5) is 0 Å². The summed E-state index contributed by atoms with van der Waals surface area (Å²) >= 11 is 0. The van der Waals surface area contributed by atoms with Crippen LogP contribution in [0.25, 0.3) is 0 Å². The third-order valence-corrected chi connectivity index (χ3v) is 3.90. The Morgan fingerprint density at radius 2 is 1.72 bits per heavy atom. The van der Waals surface area contributed by atoms with E-state index in [4.69, 9.17) is 14.8 Å². The van der Waals surface area contributed by atoms with Crippen molar-refractivity contribution in [2.24, 2.45) is 17.8 Å². The Hall–Kier alpha value is -0.315. The molecule has 0 aromatic carbocycles. The van der Waals surface area contributed by atoms with Crippen molar-refractivity contribution in [2.75, 3.05) is 6.61 Å². The minimum atomic E-state index is -1.39. The zero-order valence-electron chi connectivity index (χ0n) is 12.7. The van der Waals surface area contributed by atoms with Gasteiger partial charge in [0.1, 0.15) is 0 Å². The van der Waals surface area contributed by atoms with E-state index in [-0.39, 0.29) is 5.60 Å². The topological polar surface area (TPSA) is 49.7 Å². The molecule has 0 rings (SSSR count). The van der Waals surface area contributed by atoms with E-state index in [2.05, 4.69) is 41.5 Å². The summed E-state index contributed by atoms with van der Waals surface area (Å²) in [5.41, 5.74) is -0.172. The summed E-state index contributed by atoms with van der Waals surface area (Å²) < 4.78 is 5.95. The van der Waals surface area contributed by atoms with E-state index in [0.29, 0.717) is 24.4 Å². The van der Waals surface area contributed by atoms with Crippen molar-refractivity contribution < 1.29 is 14.8 Å². The van der Waals surface area contributed by atoms with Crippen molar-refractivity contribution in [3.63, 3.8) is 0 Å². The van der Waals surface area contributed by atoms with Gasteiger partial charge in [-0.2, -0.15) is 0 Å². The highest BCUT2D eigenvalue weighted by Crippen LogP contribution is 2.31. The monoisotopic (exact) mass is 256 g/mol. The van der Waals surface area contributed by atoms with E-state index >= 15 is 0 Å². The highest BCUT2D eigenvalue weighted by atomic mass is 16.5. The van der Waals surface area contributed by atoms with E-state index in [1.807, 2.05) is 0 Å². The molecule has 0 fully saturated rings. The van der Waals surface area contributed by atoms with Gasteiger partial charge in [0, 0.05) is 0 Å². The molecule has 0 bridgehead atoms. The summed E-state index contributed by atoms with van der Waals surface area (Å²) in [6, 6.07) is 0. The third-order valence-electron chi connectivity index (χ3n) is 3.90. The molecule has 0 saturated heterocycles. The van der Waals surface area contributed by atoms with E-state index in [9.17, 15) is 0 Å². The molecule has 0 aliphatic carbocycles. The van der Waals surface area contributed by atoms with E-state index in [0.717, 1.165) is 6.42 Å².